The average Bonchev–Trinajstić information content (AvgIpc) is 2.89. The number of hydrogen-bond donors (Lipinski definition) is 1. The van der Waals surface area contributed by atoms with Crippen molar-refractivity contribution in [1.82, 2.24) is 20.3 Å². The molecule has 1 aromatic heterocycles. The Hall–Kier alpha value is -1.42. The molecule has 0 saturated carbocycles. The van der Waals surface area contributed by atoms with Crippen LogP contribution in [0.5, 0.6) is 0 Å². The minimum Gasteiger partial charge on any atom is -0.316 e. The Balaban J connectivity index is 1.90. The van der Waals surface area contributed by atoms with Crippen molar-refractivity contribution < 1.29 is 0 Å². The van der Waals surface area contributed by atoms with Crippen molar-refractivity contribution in [2.24, 2.45) is 5.92 Å². The zero-order valence-corrected chi connectivity index (χ0v) is 8.56. The number of nitrogens with zero attached hydrogens (tertiary/aromatic N) is 3. The first kappa shape index (κ1) is 8.85. The van der Waals surface area contributed by atoms with E-state index in [2.05, 4.69) is 21.7 Å². The number of hydrogen-bond acceptors (Lipinski definition) is 3. The summed E-state index contributed by atoms with van der Waals surface area (Å²) in [5, 5.41) is 11.7. The van der Waals surface area contributed by atoms with E-state index in [4.69, 9.17) is 0 Å². The number of nitrogens with one attached hydrogen (secondary N) is 1. The van der Waals surface area contributed by atoms with E-state index in [1.807, 2.05) is 22.9 Å². The van der Waals surface area contributed by atoms with Gasteiger partial charge in [0.1, 0.15) is 5.52 Å². The molecule has 1 aliphatic heterocycles. The van der Waals surface area contributed by atoms with Gasteiger partial charge in [0, 0.05) is 6.54 Å². The maximum absolute atomic E-state index is 4.20. The summed E-state index contributed by atoms with van der Waals surface area (Å²) >= 11 is 0. The first-order valence-electron chi connectivity index (χ1n) is 5.42. The lowest BCUT2D eigenvalue weighted by atomic mass is 10.1. The summed E-state index contributed by atoms with van der Waals surface area (Å²) in [6.07, 6.45) is 1.24. The minimum absolute atomic E-state index is 0.704. The molecule has 1 aromatic carbocycles. The van der Waals surface area contributed by atoms with Gasteiger partial charge in [0.05, 0.1) is 5.52 Å². The molecule has 1 N–H and O–H groups in total. The molecule has 4 nitrogen and oxygen atoms in total. The molecule has 1 unspecified atom stereocenters. The van der Waals surface area contributed by atoms with Crippen LogP contribution in [0, 0.1) is 5.92 Å². The number of aromatic nitrogens is 3. The highest BCUT2D eigenvalue weighted by molar-refractivity contribution is 5.73. The van der Waals surface area contributed by atoms with E-state index in [0.29, 0.717) is 5.92 Å². The van der Waals surface area contributed by atoms with Gasteiger partial charge in [0.15, 0.2) is 0 Å². The molecule has 15 heavy (non-hydrogen) atoms. The fourth-order valence-corrected chi connectivity index (χ4v) is 2.17. The molecule has 0 bridgehead atoms. The highest BCUT2D eigenvalue weighted by Gasteiger charge is 2.16. The molecule has 0 spiro atoms. The summed E-state index contributed by atoms with van der Waals surface area (Å²) in [5.74, 6) is 0.704. The molecule has 0 aliphatic carbocycles. The van der Waals surface area contributed by atoms with Gasteiger partial charge in [-0.2, -0.15) is 0 Å². The van der Waals surface area contributed by atoms with Crippen molar-refractivity contribution in [2.75, 3.05) is 13.1 Å². The first-order valence-corrected chi connectivity index (χ1v) is 5.42. The van der Waals surface area contributed by atoms with Crippen molar-refractivity contribution in [3.8, 4) is 0 Å². The van der Waals surface area contributed by atoms with E-state index in [1.165, 1.54) is 6.42 Å². The Kier molecular flexibility index (Phi) is 2.14. The van der Waals surface area contributed by atoms with Crippen LogP contribution < -0.4 is 5.32 Å². The van der Waals surface area contributed by atoms with Crippen molar-refractivity contribution in [1.29, 1.82) is 0 Å². The molecule has 4 heteroatoms. The summed E-state index contributed by atoms with van der Waals surface area (Å²) < 4.78 is 2.02. The van der Waals surface area contributed by atoms with Gasteiger partial charge in [0.25, 0.3) is 0 Å². The normalized spacial score (nSPS) is 21.2. The standard InChI is InChI=1S/C11H14N4/c1-2-4-11-10(3-1)13-14-15(11)8-9-5-6-12-7-9/h1-4,9,12H,5-8H2. The summed E-state index contributed by atoms with van der Waals surface area (Å²) in [6.45, 7) is 3.22. The van der Waals surface area contributed by atoms with Gasteiger partial charge in [-0.05, 0) is 37.6 Å². The predicted molar refractivity (Wildman–Crippen MR) is 58.5 cm³/mol. The van der Waals surface area contributed by atoms with Crippen molar-refractivity contribution in [2.45, 2.75) is 13.0 Å². The zero-order valence-electron chi connectivity index (χ0n) is 8.56. The lowest BCUT2D eigenvalue weighted by Gasteiger charge is -2.07. The summed E-state index contributed by atoms with van der Waals surface area (Å²) in [4.78, 5) is 0. The van der Waals surface area contributed by atoms with Gasteiger partial charge in [-0.1, -0.05) is 17.3 Å². The molecule has 78 valence electrons. The zero-order chi connectivity index (χ0) is 10.1. The summed E-state index contributed by atoms with van der Waals surface area (Å²) in [7, 11) is 0. The number of para-hydroxylation sites is 1. The van der Waals surface area contributed by atoms with E-state index in [0.717, 1.165) is 30.7 Å². The lowest BCUT2D eigenvalue weighted by molar-refractivity contribution is 0.450. The first-order chi connectivity index (χ1) is 7.43. The van der Waals surface area contributed by atoms with Crippen molar-refractivity contribution >= 4 is 11.0 Å². The Morgan fingerprint density at radius 2 is 2.33 bits per heavy atom. The fraction of sp³-hybridized carbons (Fsp3) is 0.455. The molecule has 1 aliphatic rings. The van der Waals surface area contributed by atoms with E-state index in [-0.39, 0.29) is 0 Å². The smallest absolute Gasteiger partial charge is 0.113 e. The third-order valence-electron chi connectivity index (χ3n) is 3.01. The Morgan fingerprint density at radius 1 is 1.40 bits per heavy atom. The van der Waals surface area contributed by atoms with E-state index >= 15 is 0 Å². The second-order valence-electron chi connectivity index (χ2n) is 4.12. The Labute approximate surface area is 88.3 Å². The summed E-state index contributed by atoms with van der Waals surface area (Å²) in [5.41, 5.74) is 2.13. The number of fused-ring (bicyclic) bond motifs is 1. The van der Waals surface area contributed by atoms with Gasteiger partial charge in [-0.25, -0.2) is 4.68 Å². The van der Waals surface area contributed by atoms with Gasteiger partial charge in [0.2, 0.25) is 0 Å². The third kappa shape index (κ3) is 1.61. The molecule has 2 aromatic rings. The van der Waals surface area contributed by atoms with Crippen LogP contribution in [0.1, 0.15) is 6.42 Å². The number of benzene rings is 1. The van der Waals surface area contributed by atoms with Crippen LogP contribution in [0.25, 0.3) is 11.0 Å². The van der Waals surface area contributed by atoms with Crippen LogP contribution in [0.15, 0.2) is 24.3 Å². The molecule has 1 fully saturated rings. The lowest BCUT2D eigenvalue weighted by Crippen LogP contribution is -2.15. The molecule has 0 radical (unpaired) electrons. The third-order valence-corrected chi connectivity index (χ3v) is 3.01. The van der Waals surface area contributed by atoms with Crippen LogP contribution in [0.2, 0.25) is 0 Å². The molecule has 1 atom stereocenters. The second kappa shape index (κ2) is 3.62. The van der Waals surface area contributed by atoms with Crippen LogP contribution in [-0.2, 0) is 6.54 Å². The SMILES string of the molecule is c1ccc2c(c1)nnn2CC1CCNC1. The Bertz CT molecular complexity index is 456. The molecule has 0 amide bonds. The minimum atomic E-state index is 0.704. The number of rotatable bonds is 2. The van der Waals surface area contributed by atoms with Crippen LogP contribution in [-0.4, -0.2) is 28.1 Å². The van der Waals surface area contributed by atoms with Crippen LogP contribution >= 0.6 is 0 Å². The molecule has 1 saturated heterocycles. The molecular weight excluding hydrogens is 188 g/mol. The highest BCUT2D eigenvalue weighted by Crippen LogP contribution is 2.15. The van der Waals surface area contributed by atoms with Crippen LogP contribution in [0.3, 0.4) is 0 Å². The van der Waals surface area contributed by atoms with E-state index in [9.17, 15) is 0 Å². The molecular formula is C11H14N4. The van der Waals surface area contributed by atoms with Gasteiger partial charge < -0.3 is 5.32 Å². The second-order valence-corrected chi connectivity index (χ2v) is 4.12. The van der Waals surface area contributed by atoms with Gasteiger partial charge >= 0.3 is 0 Å². The molecule has 2 heterocycles. The fourth-order valence-electron chi connectivity index (χ4n) is 2.17. The molecule has 3 rings (SSSR count). The quantitative estimate of drug-likeness (QED) is 0.791. The van der Waals surface area contributed by atoms with E-state index in [1.54, 1.807) is 0 Å². The largest absolute Gasteiger partial charge is 0.316 e. The monoisotopic (exact) mass is 202 g/mol. The van der Waals surface area contributed by atoms with Crippen LogP contribution in [0.4, 0.5) is 0 Å². The predicted octanol–water partition coefficient (Wildman–Crippen LogP) is 1.04. The maximum atomic E-state index is 4.20. The Morgan fingerprint density at radius 3 is 3.20 bits per heavy atom. The van der Waals surface area contributed by atoms with Gasteiger partial charge in [-0.15, -0.1) is 5.10 Å². The van der Waals surface area contributed by atoms with Gasteiger partial charge in [-0.3, -0.25) is 0 Å². The highest BCUT2D eigenvalue weighted by atomic mass is 15.4. The average molecular weight is 202 g/mol. The topological polar surface area (TPSA) is 42.7 Å². The van der Waals surface area contributed by atoms with E-state index < -0.39 is 0 Å². The van der Waals surface area contributed by atoms with Crippen molar-refractivity contribution in [3.05, 3.63) is 24.3 Å². The maximum Gasteiger partial charge on any atom is 0.113 e. The summed E-state index contributed by atoms with van der Waals surface area (Å²) in [6, 6.07) is 8.12. The van der Waals surface area contributed by atoms with Crippen molar-refractivity contribution in [3.63, 3.8) is 0 Å².